The fourth-order valence-electron chi connectivity index (χ4n) is 6.22. The van der Waals surface area contributed by atoms with Crippen LogP contribution in [0, 0.1) is 11.7 Å². The van der Waals surface area contributed by atoms with Crippen molar-refractivity contribution in [2.24, 2.45) is 5.92 Å². The number of para-hydroxylation sites is 1. The quantitative estimate of drug-likeness (QED) is 0.297. The van der Waals surface area contributed by atoms with Gasteiger partial charge in [-0.25, -0.2) is 4.39 Å². The number of hydrogen-bond acceptors (Lipinski definition) is 3. The molecule has 3 amide bonds. The number of nitrogens with zero attached hydrogens (tertiary/aromatic N) is 1. The maximum atomic E-state index is 14.0. The Bertz CT molecular complexity index is 1650. The fraction of sp³-hybridized carbons (Fsp3) is 0.303. The highest BCUT2D eigenvalue weighted by Crippen LogP contribution is 2.46. The minimum atomic E-state index is -0.779. The van der Waals surface area contributed by atoms with Crippen LogP contribution in [0.1, 0.15) is 59.1 Å². The summed E-state index contributed by atoms with van der Waals surface area (Å²) in [7, 11) is 0. The first-order valence-electron chi connectivity index (χ1n) is 14.2. The normalized spacial score (nSPS) is 18.8. The third kappa shape index (κ3) is 4.77. The SMILES string of the molecule is CC[C@H](C)[C@H](NC(=O)[C@@H]1Cc2c([nH]c3ccccc23)[C@H]2c3ccccc3C(=O)N21)C(=O)NCCc1cccc(F)c1. The van der Waals surface area contributed by atoms with E-state index in [-0.39, 0.29) is 29.5 Å². The first-order valence-corrected chi connectivity index (χ1v) is 14.2. The second kappa shape index (κ2) is 10.8. The topological polar surface area (TPSA) is 94.3 Å². The number of rotatable bonds is 8. The zero-order chi connectivity index (χ0) is 28.7. The Hall–Kier alpha value is -4.46. The molecule has 2 aliphatic heterocycles. The Balaban J connectivity index is 1.27. The van der Waals surface area contributed by atoms with E-state index >= 15 is 0 Å². The van der Waals surface area contributed by atoms with E-state index < -0.39 is 18.1 Å². The van der Waals surface area contributed by atoms with Crippen LogP contribution in [-0.4, -0.2) is 46.2 Å². The molecule has 210 valence electrons. The highest BCUT2D eigenvalue weighted by atomic mass is 19.1. The van der Waals surface area contributed by atoms with E-state index in [9.17, 15) is 18.8 Å². The molecule has 0 saturated heterocycles. The number of nitrogens with one attached hydrogen (secondary N) is 3. The minimum absolute atomic E-state index is 0.136. The fourth-order valence-corrected chi connectivity index (χ4v) is 6.22. The van der Waals surface area contributed by atoms with E-state index in [1.165, 1.54) is 12.1 Å². The van der Waals surface area contributed by atoms with E-state index in [2.05, 4.69) is 15.6 Å². The molecule has 7 nitrogen and oxygen atoms in total. The number of carbonyl (C=O) groups is 3. The minimum Gasteiger partial charge on any atom is -0.356 e. The Labute approximate surface area is 238 Å². The number of amides is 3. The second-order valence-corrected chi connectivity index (χ2v) is 11.0. The molecular weight excluding hydrogens is 519 g/mol. The Morgan fingerprint density at radius 3 is 2.66 bits per heavy atom. The average Bonchev–Trinajstić information content (AvgIpc) is 3.50. The molecule has 0 fully saturated rings. The summed E-state index contributed by atoms with van der Waals surface area (Å²) in [5, 5.41) is 6.96. The van der Waals surface area contributed by atoms with Crippen molar-refractivity contribution < 1.29 is 18.8 Å². The molecule has 4 atom stereocenters. The van der Waals surface area contributed by atoms with Crippen LogP contribution in [0.5, 0.6) is 0 Å². The van der Waals surface area contributed by atoms with Gasteiger partial charge in [0.05, 0.1) is 6.04 Å². The van der Waals surface area contributed by atoms with Crippen LogP contribution in [0.2, 0.25) is 0 Å². The molecule has 0 bridgehead atoms. The third-order valence-corrected chi connectivity index (χ3v) is 8.55. The highest BCUT2D eigenvalue weighted by molar-refractivity contribution is 6.04. The van der Waals surface area contributed by atoms with Crippen molar-refractivity contribution in [1.29, 1.82) is 0 Å². The van der Waals surface area contributed by atoms with Gasteiger partial charge in [-0.05, 0) is 53.3 Å². The molecule has 4 aromatic rings. The largest absolute Gasteiger partial charge is 0.356 e. The number of hydrogen-bond donors (Lipinski definition) is 3. The van der Waals surface area contributed by atoms with Crippen LogP contribution >= 0.6 is 0 Å². The number of aromatic amines is 1. The van der Waals surface area contributed by atoms with Gasteiger partial charge in [0.15, 0.2) is 0 Å². The van der Waals surface area contributed by atoms with Crippen molar-refractivity contribution in [2.75, 3.05) is 6.54 Å². The average molecular weight is 553 g/mol. The van der Waals surface area contributed by atoms with Gasteiger partial charge in [0.2, 0.25) is 11.8 Å². The van der Waals surface area contributed by atoms with Gasteiger partial charge in [-0.3, -0.25) is 14.4 Å². The molecule has 3 aromatic carbocycles. The van der Waals surface area contributed by atoms with Crippen molar-refractivity contribution in [2.45, 2.75) is 51.2 Å². The van der Waals surface area contributed by atoms with E-state index in [1.807, 2.05) is 62.4 Å². The van der Waals surface area contributed by atoms with Gasteiger partial charge in [0.25, 0.3) is 5.91 Å². The van der Waals surface area contributed by atoms with Crippen molar-refractivity contribution in [3.8, 4) is 0 Å². The van der Waals surface area contributed by atoms with Gasteiger partial charge in [-0.2, -0.15) is 0 Å². The molecule has 6 rings (SSSR count). The Morgan fingerprint density at radius 1 is 1.07 bits per heavy atom. The molecule has 8 heteroatoms. The zero-order valence-electron chi connectivity index (χ0n) is 23.1. The molecule has 3 heterocycles. The number of carbonyl (C=O) groups excluding carboxylic acids is 3. The second-order valence-electron chi connectivity index (χ2n) is 11.0. The molecule has 41 heavy (non-hydrogen) atoms. The van der Waals surface area contributed by atoms with E-state index in [4.69, 9.17) is 0 Å². The number of fused-ring (bicyclic) bond motifs is 7. The van der Waals surface area contributed by atoms with Crippen molar-refractivity contribution >= 4 is 28.6 Å². The van der Waals surface area contributed by atoms with Crippen LogP contribution in [-0.2, 0) is 22.4 Å². The third-order valence-electron chi connectivity index (χ3n) is 8.55. The summed E-state index contributed by atoms with van der Waals surface area (Å²) in [6.07, 6.45) is 1.49. The summed E-state index contributed by atoms with van der Waals surface area (Å²) in [5.41, 5.74) is 5.16. The summed E-state index contributed by atoms with van der Waals surface area (Å²) in [5.74, 6) is -1.28. The number of H-pyrrole nitrogens is 1. The Kier molecular flexibility index (Phi) is 7.07. The standard InChI is InChI=1S/C33H33FN4O3/c1-3-19(2)28(32(40)35-16-15-20-9-8-10-21(34)17-20)37-31(39)27-18-25-22-11-6-7-14-26(22)36-29(25)30-23-12-4-5-13-24(23)33(41)38(27)30/h4-14,17,19,27-28,30,36H,3,15-16,18H2,1-2H3,(H,35,40)(H,37,39)/t19-,27-,28-,30+/m0/s1. The van der Waals surface area contributed by atoms with Crippen LogP contribution in [0.15, 0.2) is 72.8 Å². The molecule has 1 aromatic heterocycles. The summed E-state index contributed by atoms with van der Waals surface area (Å²) < 4.78 is 13.6. The summed E-state index contributed by atoms with van der Waals surface area (Å²) in [4.78, 5) is 46.3. The van der Waals surface area contributed by atoms with Gasteiger partial charge >= 0.3 is 0 Å². The van der Waals surface area contributed by atoms with Crippen molar-refractivity contribution in [1.82, 2.24) is 20.5 Å². The number of halogens is 1. The van der Waals surface area contributed by atoms with E-state index in [0.29, 0.717) is 31.4 Å². The lowest BCUT2D eigenvalue weighted by Gasteiger charge is -2.38. The molecule has 0 aliphatic carbocycles. The van der Waals surface area contributed by atoms with Crippen LogP contribution in [0.4, 0.5) is 4.39 Å². The monoisotopic (exact) mass is 552 g/mol. The predicted molar refractivity (Wildman–Crippen MR) is 155 cm³/mol. The first-order chi connectivity index (χ1) is 19.9. The number of aromatic nitrogens is 1. The van der Waals surface area contributed by atoms with E-state index in [1.54, 1.807) is 17.0 Å². The van der Waals surface area contributed by atoms with Crippen LogP contribution < -0.4 is 10.6 Å². The van der Waals surface area contributed by atoms with Crippen LogP contribution in [0.3, 0.4) is 0 Å². The molecule has 0 saturated carbocycles. The lowest BCUT2D eigenvalue weighted by atomic mass is 9.89. The molecular formula is C33H33FN4O3. The number of benzene rings is 3. The predicted octanol–water partition coefficient (Wildman–Crippen LogP) is 4.67. The van der Waals surface area contributed by atoms with Crippen LogP contribution in [0.25, 0.3) is 10.9 Å². The van der Waals surface area contributed by atoms with Gasteiger partial charge in [-0.15, -0.1) is 0 Å². The van der Waals surface area contributed by atoms with Gasteiger partial charge in [0.1, 0.15) is 17.9 Å². The first kappa shape index (κ1) is 26.7. The Morgan fingerprint density at radius 2 is 1.85 bits per heavy atom. The molecule has 0 radical (unpaired) electrons. The van der Waals surface area contributed by atoms with Gasteiger partial charge in [-0.1, -0.05) is 68.8 Å². The van der Waals surface area contributed by atoms with Crippen molar-refractivity contribution in [3.05, 3.63) is 107 Å². The molecule has 2 aliphatic rings. The molecule has 0 spiro atoms. The van der Waals surface area contributed by atoms with E-state index in [0.717, 1.165) is 33.3 Å². The maximum absolute atomic E-state index is 14.0. The zero-order valence-corrected chi connectivity index (χ0v) is 23.1. The lowest BCUT2D eigenvalue weighted by Crippen LogP contribution is -2.58. The van der Waals surface area contributed by atoms with Gasteiger partial charge < -0.3 is 20.5 Å². The summed E-state index contributed by atoms with van der Waals surface area (Å²) in [6, 6.07) is 19.8. The molecule has 3 N–H and O–H groups in total. The highest BCUT2D eigenvalue weighted by Gasteiger charge is 2.49. The summed E-state index contributed by atoms with van der Waals surface area (Å²) in [6.45, 7) is 4.21. The van der Waals surface area contributed by atoms with Crippen molar-refractivity contribution in [3.63, 3.8) is 0 Å². The maximum Gasteiger partial charge on any atom is 0.255 e. The molecule has 0 unspecified atom stereocenters. The summed E-state index contributed by atoms with van der Waals surface area (Å²) >= 11 is 0. The van der Waals surface area contributed by atoms with Gasteiger partial charge in [0, 0.05) is 35.1 Å². The lowest BCUT2D eigenvalue weighted by molar-refractivity contribution is -0.133. The smallest absolute Gasteiger partial charge is 0.255 e.